The summed E-state index contributed by atoms with van der Waals surface area (Å²) in [7, 11) is 1.54. The summed E-state index contributed by atoms with van der Waals surface area (Å²) in [6, 6.07) is 5.26. The third-order valence-electron chi connectivity index (χ3n) is 4.95. The van der Waals surface area contributed by atoms with Crippen LogP contribution in [0, 0.1) is 17.2 Å². The van der Waals surface area contributed by atoms with Crippen LogP contribution in [0.15, 0.2) is 30.7 Å². The molecule has 0 spiro atoms. The molecule has 3 aromatic heterocycles. The molecule has 0 radical (unpaired) electrons. The van der Waals surface area contributed by atoms with Gasteiger partial charge in [0.2, 0.25) is 5.91 Å². The second-order valence-electron chi connectivity index (χ2n) is 6.97. The number of nitrogens with zero attached hydrogens (tertiary/aromatic N) is 5. The average Bonchev–Trinajstić information content (AvgIpc) is 3.19. The fraction of sp³-hybridized carbons (Fsp3) is 0.250. The number of pyridine rings is 1. The van der Waals surface area contributed by atoms with Crippen molar-refractivity contribution in [2.24, 2.45) is 5.92 Å². The van der Waals surface area contributed by atoms with Crippen LogP contribution in [0.3, 0.4) is 0 Å². The molecule has 0 atom stereocenters. The number of fused-ring (bicyclic) bond motifs is 1. The van der Waals surface area contributed by atoms with E-state index in [0.717, 1.165) is 0 Å². The molecule has 0 saturated carbocycles. The molecule has 156 valence electrons. The summed E-state index contributed by atoms with van der Waals surface area (Å²) in [4.78, 5) is 54.0. The molecule has 3 N–H and O–H groups in total. The summed E-state index contributed by atoms with van der Waals surface area (Å²) < 4.78 is 0. The summed E-state index contributed by atoms with van der Waals surface area (Å²) >= 11 is 0. The van der Waals surface area contributed by atoms with Crippen molar-refractivity contribution in [1.82, 2.24) is 35.5 Å². The highest BCUT2D eigenvalue weighted by atomic mass is 16.2. The topological polar surface area (TPSA) is 157 Å². The fourth-order valence-electron chi connectivity index (χ4n) is 3.17. The van der Waals surface area contributed by atoms with E-state index >= 15 is 0 Å². The third-order valence-corrected chi connectivity index (χ3v) is 4.95. The third kappa shape index (κ3) is 3.91. The molecule has 0 bridgehead atoms. The fourth-order valence-corrected chi connectivity index (χ4v) is 3.17. The Labute approximate surface area is 176 Å². The Hall–Kier alpha value is -4.33. The van der Waals surface area contributed by atoms with Crippen LogP contribution in [0.1, 0.15) is 20.7 Å². The van der Waals surface area contributed by atoms with Crippen LogP contribution in [-0.4, -0.2) is 69.2 Å². The van der Waals surface area contributed by atoms with Gasteiger partial charge in [-0.05, 0) is 12.1 Å². The Kier molecular flexibility index (Phi) is 5.28. The van der Waals surface area contributed by atoms with Crippen molar-refractivity contribution < 1.29 is 14.4 Å². The van der Waals surface area contributed by atoms with Gasteiger partial charge < -0.3 is 20.5 Å². The quantitative estimate of drug-likeness (QED) is 0.530. The molecule has 1 aliphatic rings. The van der Waals surface area contributed by atoms with E-state index in [4.69, 9.17) is 5.26 Å². The molecule has 0 aromatic carbocycles. The van der Waals surface area contributed by atoms with E-state index in [0.29, 0.717) is 41.2 Å². The predicted octanol–water partition coefficient (Wildman–Crippen LogP) is 0.0913. The van der Waals surface area contributed by atoms with Crippen molar-refractivity contribution in [3.63, 3.8) is 0 Å². The second-order valence-corrected chi connectivity index (χ2v) is 6.97. The Morgan fingerprint density at radius 2 is 2.06 bits per heavy atom. The molecule has 11 heteroatoms. The van der Waals surface area contributed by atoms with Crippen LogP contribution < -0.4 is 10.6 Å². The number of aromatic amines is 1. The number of H-pyrrole nitrogens is 1. The number of nitrogens with one attached hydrogen (secondary N) is 3. The van der Waals surface area contributed by atoms with E-state index in [1.807, 2.05) is 0 Å². The minimum atomic E-state index is -0.476. The van der Waals surface area contributed by atoms with Crippen LogP contribution >= 0.6 is 0 Å². The molecule has 3 aromatic rings. The monoisotopic (exact) mass is 418 g/mol. The van der Waals surface area contributed by atoms with Gasteiger partial charge in [-0.2, -0.15) is 5.26 Å². The van der Waals surface area contributed by atoms with Gasteiger partial charge in [-0.25, -0.2) is 9.97 Å². The van der Waals surface area contributed by atoms with Crippen LogP contribution in [-0.2, 0) is 4.79 Å². The minimum Gasteiger partial charge on any atom is -0.355 e. The van der Waals surface area contributed by atoms with Crippen LogP contribution in [0.5, 0.6) is 0 Å². The van der Waals surface area contributed by atoms with Crippen molar-refractivity contribution in [2.45, 2.75) is 0 Å². The lowest BCUT2D eigenvalue weighted by Gasteiger charge is -2.35. The molecule has 1 fully saturated rings. The molecular weight excluding hydrogens is 400 g/mol. The van der Waals surface area contributed by atoms with Gasteiger partial charge >= 0.3 is 0 Å². The first-order chi connectivity index (χ1) is 15.0. The van der Waals surface area contributed by atoms with E-state index < -0.39 is 5.91 Å². The van der Waals surface area contributed by atoms with Gasteiger partial charge in [0.05, 0.1) is 36.0 Å². The number of hydrogen-bond acceptors (Lipinski definition) is 7. The summed E-state index contributed by atoms with van der Waals surface area (Å²) in [6.45, 7) is 0.594. The first kappa shape index (κ1) is 20.0. The van der Waals surface area contributed by atoms with E-state index in [1.54, 1.807) is 12.1 Å². The van der Waals surface area contributed by atoms with Crippen molar-refractivity contribution in [3.05, 3.63) is 41.9 Å². The normalized spacial score (nSPS) is 13.4. The van der Waals surface area contributed by atoms with E-state index in [2.05, 4.69) is 36.6 Å². The zero-order valence-electron chi connectivity index (χ0n) is 16.5. The maximum absolute atomic E-state index is 12.6. The zero-order chi connectivity index (χ0) is 22.0. The number of carbonyl (C=O) groups excluding carboxylic acids is 3. The van der Waals surface area contributed by atoms with Crippen LogP contribution in [0.2, 0.25) is 0 Å². The average molecular weight is 418 g/mol. The minimum absolute atomic E-state index is 0.141. The molecule has 31 heavy (non-hydrogen) atoms. The molecule has 0 aliphatic carbocycles. The Bertz CT molecular complexity index is 1220. The largest absolute Gasteiger partial charge is 0.355 e. The summed E-state index contributed by atoms with van der Waals surface area (Å²) in [5, 5.41) is 13.9. The van der Waals surface area contributed by atoms with Gasteiger partial charge in [-0.1, -0.05) is 0 Å². The van der Waals surface area contributed by atoms with Crippen molar-refractivity contribution in [2.75, 3.05) is 26.7 Å². The van der Waals surface area contributed by atoms with E-state index in [1.165, 1.54) is 30.5 Å². The summed E-state index contributed by atoms with van der Waals surface area (Å²) in [5.74, 6) is -1.12. The van der Waals surface area contributed by atoms with Crippen molar-refractivity contribution in [3.8, 4) is 17.5 Å². The smallest absolute Gasteiger partial charge is 0.255 e. The number of likely N-dealkylation sites (tertiary alicyclic amines) is 1. The van der Waals surface area contributed by atoms with E-state index in [9.17, 15) is 14.4 Å². The second kappa shape index (κ2) is 8.19. The van der Waals surface area contributed by atoms with Gasteiger partial charge in [-0.15, -0.1) is 0 Å². The lowest BCUT2D eigenvalue weighted by Crippen LogP contribution is -2.52. The highest BCUT2D eigenvalue weighted by Crippen LogP contribution is 2.20. The number of nitriles is 1. The van der Waals surface area contributed by atoms with E-state index in [-0.39, 0.29) is 29.8 Å². The van der Waals surface area contributed by atoms with Crippen LogP contribution in [0.4, 0.5) is 0 Å². The molecule has 4 heterocycles. The van der Waals surface area contributed by atoms with Crippen molar-refractivity contribution in [1.29, 1.82) is 5.26 Å². The molecule has 1 aliphatic heterocycles. The number of rotatable bonds is 5. The molecule has 3 amide bonds. The maximum Gasteiger partial charge on any atom is 0.255 e. The standard InChI is InChI=1S/C20H18N8O3/c1-22-19(30)12-2-3-23-14(4-12)15-7-25-18-17(27-15)13(6-24-18)20(31)26-8-16(29)28-9-11(5-21)10-28/h2-4,6-7,11H,8-10H2,1H3,(H,22,30)(H,24,25)(H,26,31). The van der Waals surface area contributed by atoms with Gasteiger partial charge in [0.15, 0.2) is 5.65 Å². The first-order valence-electron chi connectivity index (χ1n) is 9.48. The summed E-state index contributed by atoms with van der Waals surface area (Å²) in [5.41, 5.74) is 2.21. The highest BCUT2D eigenvalue weighted by molar-refractivity contribution is 6.05. The molecular formula is C20H18N8O3. The Balaban J connectivity index is 1.52. The van der Waals surface area contributed by atoms with Gasteiger partial charge in [0.25, 0.3) is 11.8 Å². The molecule has 4 rings (SSSR count). The summed E-state index contributed by atoms with van der Waals surface area (Å²) in [6.07, 6.45) is 4.46. The number of amides is 3. The Morgan fingerprint density at radius 1 is 1.26 bits per heavy atom. The number of aromatic nitrogens is 4. The molecule has 1 saturated heterocycles. The Morgan fingerprint density at radius 3 is 2.81 bits per heavy atom. The van der Waals surface area contributed by atoms with Crippen molar-refractivity contribution >= 4 is 28.9 Å². The maximum atomic E-state index is 12.6. The predicted molar refractivity (Wildman–Crippen MR) is 109 cm³/mol. The zero-order valence-corrected chi connectivity index (χ0v) is 16.5. The van der Waals surface area contributed by atoms with Gasteiger partial charge in [-0.3, -0.25) is 19.4 Å². The van der Waals surface area contributed by atoms with Gasteiger partial charge in [0, 0.05) is 38.1 Å². The lowest BCUT2D eigenvalue weighted by atomic mass is 10.0. The number of carbonyl (C=O) groups is 3. The first-order valence-corrected chi connectivity index (χ1v) is 9.48. The lowest BCUT2D eigenvalue weighted by molar-refractivity contribution is -0.135. The highest BCUT2D eigenvalue weighted by Gasteiger charge is 2.30. The molecule has 0 unspecified atom stereocenters. The van der Waals surface area contributed by atoms with Gasteiger partial charge in [0.1, 0.15) is 11.2 Å². The molecule has 11 nitrogen and oxygen atoms in total. The van der Waals surface area contributed by atoms with Crippen LogP contribution in [0.25, 0.3) is 22.6 Å². The SMILES string of the molecule is CNC(=O)c1ccnc(-c2cnc3[nH]cc(C(=O)NCC(=O)N4CC(C#N)C4)c3n2)c1. The number of hydrogen-bond donors (Lipinski definition) is 3.